The molecule has 1 N–H and O–H groups in total. The maximum Gasteiger partial charge on any atom is 0.0616 e. The molecular formula is C11H23NO. The van der Waals surface area contributed by atoms with Crippen LogP contribution in [0.3, 0.4) is 0 Å². The zero-order valence-corrected chi connectivity index (χ0v) is 9.01. The lowest BCUT2D eigenvalue weighted by Crippen LogP contribution is -2.28. The largest absolute Gasteiger partial charge is 0.378 e. The topological polar surface area (TPSA) is 21.3 Å². The van der Waals surface area contributed by atoms with Crippen LogP contribution in [0.2, 0.25) is 0 Å². The molecule has 2 unspecified atom stereocenters. The first-order valence-corrected chi connectivity index (χ1v) is 5.70. The molecule has 1 aliphatic rings. The lowest BCUT2D eigenvalue weighted by atomic mass is 9.97. The summed E-state index contributed by atoms with van der Waals surface area (Å²) in [5.41, 5.74) is 0. The van der Waals surface area contributed by atoms with Crippen molar-refractivity contribution in [2.24, 2.45) is 5.92 Å². The van der Waals surface area contributed by atoms with Crippen LogP contribution in [0.25, 0.3) is 0 Å². The van der Waals surface area contributed by atoms with Crippen molar-refractivity contribution >= 4 is 0 Å². The van der Waals surface area contributed by atoms with Crippen molar-refractivity contribution in [3.8, 4) is 0 Å². The number of ether oxygens (including phenoxy) is 1. The summed E-state index contributed by atoms with van der Waals surface area (Å²) in [5, 5.41) is 3.42. The molecule has 78 valence electrons. The third kappa shape index (κ3) is 3.65. The summed E-state index contributed by atoms with van der Waals surface area (Å²) in [5.74, 6) is 0.770. The third-order valence-electron chi connectivity index (χ3n) is 2.85. The van der Waals surface area contributed by atoms with Gasteiger partial charge >= 0.3 is 0 Å². The van der Waals surface area contributed by atoms with Gasteiger partial charge in [0.05, 0.1) is 6.10 Å². The van der Waals surface area contributed by atoms with Gasteiger partial charge in [0.2, 0.25) is 0 Å². The van der Waals surface area contributed by atoms with Crippen LogP contribution >= 0.6 is 0 Å². The molecular weight excluding hydrogens is 162 g/mol. The van der Waals surface area contributed by atoms with Gasteiger partial charge < -0.3 is 10.1 Å². The lowest BCUT2D eigenvalue weighted by molar-refractivity contribution is 0.0815. The summed E-state index contributed by atoms with van der Waals surface area (Å²) in [7, 11) is 0. The second-order valence-electron chi connectivity index (χ2n) is 3.91. The Morgan fingerprint density at radius 3 is 2.92 bits per heavy atom. The summed E-state index contributed by atoms with van der Waals surface area (Å²) in [6.07, 6.45) is 5.65. The molecule has 0 saturated carbocycles. The Morgan fingerprint density at radius 1 is 1.38 bits per heavy atom. The third-order valence-corrected chi connectivity index (χ3v) is 2.85. The number of unbranched alkanes of at least 4 members (excludes halogenated alkanes) is 1. The monoisotopic (exact) mass is 185 g/mol. The van der Waals surface area contributed by atoms with Crippen LogP contribution < -0.4 is 5.32 Å². The molecule has 13 heavy (non-hydrogen) atoms. The van der Waals surface area contributed by atoms with E-state index >= 15 is 0 Å². The molecule has 1 fully saturated rings. The molecule has 0 aromatic rings. The second kappa shape index (κ2) is 6.39. The highest BCUT2D eigenvalue weighted by Gasteiger charge is 2.26. The van der Waals surface area contributed by atoms with Crippen molar-refractivity contribution in [3.05, 3.63) is 0 Å². The highest BCUT2D eigenvalue weighted by Crippen LogP contribution is 2.24. The molecule has 1 aliphatic heterocycles. The molecule has 1 heterocycles. The maximum absolute atomic E-state index is 5.72. The van der Waals surface area contributed by atoms with Crippen LogP contribution in [0.4, 0.5) is 0 Å². The quantitative estimate of drug-likeness (QED) is 0.685. The predicted molar refractivity (Wildman–Crippen MR) is 55.9 cm³/mol. The molecule has 2 nitrogen and oxygen atoms in total. The maximum atomic E-state index is 5.72. The summed E-state index contributed by atoms with van der Waals surface area (Å²) in [6.45, 7) is 7.61. The van der Waals surface area contributed by atoms with Gasteiger partial charge in [0, 0.05) is 13.2 Å². The predicted octanol–water partition coefficient (Wildman–Crippen LogP) is 2.19. The van der Waals surface area contributed by atoms with E-state index in [1.165, 1.54) is 25.7 Å². The highest BCUT2D eigenvalue weighted by atomic mass is 16.5. The van der Waals surface area contributed by atoms with Gasteiger partial charge in [-0.3, -0.25) is 0 Å². The van der Waals surface area contributed by atoms with Crippen molar-refractivity contribution in [2.45, 2.75) is 45.6 Å². The van der Waals surface area contributed by atoms with Gasteiger partial charge in [-0.15, -0.1) is 0 Å². The Hall–Kier alpha value is -0.0800. The van der Waals surface area contributed by atoms with Crippen LogP contribution in [0.15, 0.2) is 0 Å². The summed E-state index contributed by atoms with van der Waals surface area (Å²) in [6, 6.07) is 0. The van der Waals surface area contributed by atoms with E-state index in [0.29, 0.717) is 6.10 Å². The Bertz CT molecular complexity index is 113. The van der Waals surface area contributed by atoms with Crippen molar-refractivity contribution in [1.82, 2.24) is 5.32 Å². The smallest absolute Gasteiger partial charge is 0.0616 e. The van der Waals surface area contributed by atoms with Gasteiger partial charge in [0.25, 0.3) is 0 Å². The fraction of sp³-hybridized carbons (Fsp3) is 1.00. The molecule has 0 amide bonds. The first-order chi connectivity index (χ1) is 6.38. The van der Waals surface area contributed by atoms with Gasteiger partial charge in [-0.25, -0.2) is 0 Å². The zero-order chi connectivity index (χ0) is 9.52. The van der Waals surface area contributed by atoms with Gasteiger partial charge in [-0.1, -0.05) is 26.7 Å². The van der Waals surface area contributed by atoms with Gasteiger partial charge in [0.15, 0.2) is 0 Å². The number of hydrogen-bond donors (Lipinski definition) is 1. The molecule has 1 rings (SSSR count). The van der Waals surface area contributed by atoms with E-state index < -0.39 is 0 Å². The van der Waals surface area contributed by atoms with Gasteiger partial charge in [-0.2, -0.15) is 0 Å². The number of hydrogen-bond acceptors (Lipinski definition) is 2. The molecule has 0 bridgehead atoms. The van der Waals surface area contributed by atoms with Crippen molar-refractivity contribution in [3.63, 3.8) is 0 Å². The van der Waals surface area contributed by atoms with Crippen molar-refractivity contribution < 1.29 is 4.74 Å². The molecule has 2 heteroatoms. The zero-order valence-electron chi connectivity index (χ0n) is 9.01. The van der Waals surface area contributed by atoms with E-state index in [0.717, 1.165) is 25.6 Å². The molecule has 0 aromatic heterocycles. The number of nitrogens with one attached hydrogen (secondary N) is 1. The molecule has 0 aromatic carbocycles. The van der Waals surface area contributed by atoms with Crippen LogP contribution in [0.5, 0.6) is 0 Å². The molecule has 0 spiro atoms. The Labute approximate surface area is 82.0 Å². The van der Waals surface area contributed by atoms with E-state index in [2.05, 4.69) is 19.2 Å². The molecule has 0 aliphatic carbocycles. The summed E-state index contributed by atoms with van der Waals surface area (Å²) in [4.78, 5) is 0. The highest BCUT2D eigenvalue weighted by molar-refractivity contribution is 4.77. The standard InChI is InChI=1S/C11H23NO/c1-3-5-6-11-10(7-8-13-11)9-12-4-2/h10-12H,3-9H2,1-2H3. The summed E-state index contributed by atoms with van der Waals surface area (Å²) < 4.78 is 5.72. The van der Waals surface area contributed by atoms with E-state index in [-0.39, 0.29) is 0 Å². The van der Waals surface area contributed by atoms with E-state index in [9.17, 15) is 0 Å². The minimum atomic E-state index is 0.541. The van der Waals surface area contributed by atoms with E-state index in [4.69, 9.17) is 4.74 Å². The Morgan fingerprint density at radius 2 is 2.23 bits per heavy atom. The van der Waals surface area contributed by atoms with Crippen molar-refractivity contribution in [1.29, 1.82) is 0 Å². The fourth-order valence-electron chi connectivity index (χ4n) is 1.98. The fourth-order valence-corrected chi connectivity index (χ4v) is 1.98. The summed E-state index contributed by atoms with van der Waals surface area (Å²) >= 11 is 0. The van der Waals surface area contributed by atoms with Crippen LogP contribution in [0, 0.1) is 5.92 Å². The lowest BCUT2D eigenvalue weighted by Gasteiger charge is -2.18. The average Bonchev–Trinajstić information content (AvgIpc) is 2.59. The van der Waals surface area contributed by atoms with Crippen molar-refractivity contribution in [2.75, 3.05) is 19.7 Å². The van der Waals surface area contributed by atoms with Gasteiger partial charge in [0.1, 0.15) is 0 Å². The van der Waals surface area contributed by atoms with Gasteiger partial charge in [-0.05, 0) is 25.3 Å². The Balaban J connectivity index is 2.18. The molecule has 0 radical (unpaired) electrons. The molecule has 1 saturated heterocycles. The number of rotatable bonds is 6. The molecule has 2 atom stereocenters. The second-order valence-corrected chi connectivity index (χ2v) is 3.91. The normalized spacial score (nSPS) is 28.2. The Kier molecular flexibility index (Phi) is 5.40. The van der Waals surface area contributed by atoms with Crippen LogP contribution in [-0.4, -0.2) is 25.8 Å². The SMILES string of the molecule is CCCCC1OCCC1CNCC. The van der Waals surface area contributed by atoms with E-state index in [1.807, 2.05) is 0 Å². The minimum Gasteiger partial charge on any atom is -0.378 e. The first-order valence-electron chi connectivity index (χ1n) is 5.70. The first kappa shape index (κ1) is 11.0. The minimum absolute atomic E-state index is 0.541. The average molecular weight is 185 g/mol. The van der Waals surface area contributed by atoms with Crippen LogP contribution in [0.1, 0.15) is 39.5 Å². The van der Waals surface area contributed by atoms with E-state index in [1.54, 1.807) is 0 Å². The van der Waals surface area contributed by atoms with Crippen LogP contribution in [-0.2, 0) is 4.74 Å².